The molecule has 0 aromatic heterocycles. The largest absolute Gasteiger partial charge is 0.455 e. The Morgan fingerprint density at radius 3 is 2.79 bits per heavy atom. The summed E-state index contributed by atoms with van der Waals surface area (Å²) in [5.74, 6) is 0.652. The number of carbonyl (C=O) groups is 1. The average molecular weight is 266 g/mol. The van der Waals surface area contributed by atoms with Crippen molar-refractivity contribution in [3.8, 4) is 0 Å². The minimum absolute atomic E-state index is 0.0986. The third-order valence-corrected chi connectivity index (χ3v) is 5.65. The van der Waals surface area contributed by atoms with E-state index in [1.165, 1.54) is 0 Å². The number of ether oxygens (including phenoxy) is 1. The highest BCUT2D eigenvalue weighted by molar-refractivity contribution is 5.76. The van der Waals surface area contributed by atoms with Gasteiger partial charge in [0.05, 0.1) is 5.92 Å². The molecule has 1 aliphatic heterocycles. The standard InChI is InChI=1S/C15H22O4/c1-8-4-7-12-10(3)14(16)18-15(12)11(8)6-5-9(2)13(15)19-17/h5,8,10-13,17H,4,6-7H2,1-3H3/t8-,10-,11+,12+,13-,15+/m1/s1. The Bertz CT molecular complexity index is 430. The van der Waals surface area contributed by atoms with E-state index >= 15 is 0 Å². The molecule has 0 amide bonds. The van der Waals surface area contributed by atoms with E-state index in [1.807, 2.05) is 13.8 Å². The Balaban J connectivity index is 2.11. The van der Waals surface area contributed by atoms with Gasteiger partial charge in [0.2, 0.25) is 0 Å². The average Bonchev–Trinajstić information content (AvgIpc) is 2.61. The van der Waals surface area contributed by atoms with Crippen molar-refractivity contribution in [2.24, 2.45) is 23.7 Å². The van der Waals surface area contributed by atoms with Crippen molar-refractivity contribution in [2.45, 2.75) is 51.7 Å². The maximum atomic E-state index is 12.1. The van der Waals surface area contributed by atoms with Crippen molar-refractivity contribution in [1.29, 1.82) is 0 Å². The number of hydrogen-bond donors (Lipinski definition) is 1. The van der Waals surface area contributed by atoms with Gasteiger partial charge in [-0.15, -0.1) is 0 Å². The molecular formula is C15H22O4. The summed E-state index contributed by atoms with van der Waals surface area (Å²) in [4.78, 5) is 16.9. The summed E-state index contributed by atoms with van der Waals surface area (Å²) in [7, 11) is 0. The van der Waals surface area contributed by atoms with Crippen LogP contribution in [0.4, 0.5) is 0 Å². The molecule has 19 heavy (non-hydrogen) atoms. The number of carbonyl (C=O) groups excluding carboxylic acids is 1. The second kappa shape index (κ2) is 4.32. The van der Waals surface area contributed by atoms with Gasteiger partial charge in [-0.3, -0.25) is 10.1 Å². The molecule has 1 N–H and O–H groups in total. The maximum absolute atomic E-state index is 12.1. The van der Waals surface area contributed by atoms with Crippen LogP contribution in [-0.4, -0.2) is 22.9 Å². The highest BCUT2D eigenvalue weighted by Crippen LogP contribution is 2.57. The molecule has 2 fully saturated rings. The number of allylic oxidation sites excluding steroid dienone is 1. The SMILES string of the molecule is CC1=CC[C@H]2[C@H](C)CC[C@H]3[C@@H](C)C(=O)O[C@@]23[C@@H]1OO. The van der Waals surface area contributed by atoms with Crippen LogP contribution in [-0.2, 0) is 14.4 Å². The number of rotatable bonds is 1. The van der Waals surface area contributed by atoms with E-state index in [9.17, 15) is 10.1 Å². The smallest absolute Gasteiger partial charge is 0.309 e. The summed E-state index contributed by atoms with van der Waals surface area (Å²) in [6.45, 7) is 6.10. The normalized spacial score (nSPS) is 49.2. The van der Waals surface area contributed by atoms with E-state index in [4.69, 9.17) is 9.62 Å². The number of esters is 1. The Hall–Kier alpha value is -0.870. The molecular weight excluding hydrogens is 244 g/mol. The van der Waals surface area contributed by atoms with Crippen LogP contribution < -0.4 is 0 Å². The van der Waals surface area contributed by atoms with Gasteiger partial charge in [0.1, 0.15) is 0 Å². The van der Waals surface area contributed by atoms with Gasteiger partial charge >= 0.3 is 5.97 Å². The predicted molar refractivity (Wildman–Crippen MR) is 69.2 cm³/mol. The van der Waals surface area contributed by atoms with Crippen LogP contribution in [0.5, 0.6) is 0 Å². The molecule has 6 atom stereocenters. The quantitative estimate of drug-likeness (QED) is 0.343. The molecule has 106 valence electrons. The summed E-state index contributed by atoms with van der Waals surface area (Å²) >= 11 is 0. The van der Waals surface area contributed by atoms with Crippen LogP contribution in [0.25, 0.3) is 0 Å². The monoisotopic (exact) mass is 266 g/mol. The Labute approximate surface area is 113 Å². The van der Waals surface area contributed by atoms with Crippen LogP contribution in [0.3, 0.4) is 0 Å². The summed E-state index contributed by atoms with van der Waals surface area (Å²) in [5, 5.41) is 9.37. The molecule has 3 aliphatic rings. The molecule has 0 aromatic carbocycles. The fourth-order valence-electron chi connectivity index (χ4n) is 4.61. The van der Waals surface area contributed by atoms with Crippen molar-refractivity contribution < 1.29 is 19.7 Å². The fourth-order valence-corrected chi connectivity index (χ4v) is 4.61. The van der Waals surface area contributed by atoms with E-state index < -0.39 is 11.7 Å². The second-order valence-corrected chi connectivity index (χ2v) is 6.50. The topological polar surface area (TPSA) is 55.8 Å². The van der Waals surface area contributed by atoms with Crippen LogP contribution in [0.15, 0.2) is 11.6 Å². The first kappa shape index (κ1) is 13.1. The molecule has 2 aliphatic carbocycles. The zero-order valence-electron chi connectivity index (χ0n) is 11.8. The highest BCUT2D eigenvalue weighted by Gasteiger charge is 2.66. The molecule has 1 heterocycles. The summed E-state index contributed by atoms with van der Waals surface area (Å²) in [6, 6.07) is 0. The zero-order chi connectivity index (χ0) is 13.8. The lowest BCUT2D eigenvalue weighted by Crippen LogP contribution is -2.60. The van der Waals surface area contributed by atoms with Crippen molar-refractivity contribution in [2.75, 3.05) is 0 Å². The zero-order valence-corrected chi connectivity index (χ0v) is 11.8. The van der Waals surface area contributed by atoms with Gasteiger partial charge in [-0.05, 0) is 37.7 Å². The molecule has 0 aromatic rings. The Morgan fingerprint density at radius 1 is 1.37 bits per heavy atom. The summed E-state index contributed by atoms with van der Waals surface area (Å²) in [6.07, 6.45) is 4.60. The third kappa shape index (κ3) is 1.56. The lowest BCUT2D eigenvalue weighted by Gasteiger charge is -2.52. The van der Waals surface area contributed by atoms with E-state index in [0.717, 1.165) is 24.8 Å². The fraction of sp³-hybridized carbons (Fsp3) is 0.800. The molecule has 0 bridgehead atoms. The minimum Gasteiger partial charge on any atom is -0.455 e. The first-order valence-corrected chi connectivity index (χ1v) is 7.22. The highest BCUT2D eigenvalue weighted by atomic mass is 17.1. The second-order valence-electron chi connectivity index (χ2n) is 6.50. The van der Waals surface area contributed by atoms with Gasteiger partial charge in [0, 0.05) is 11.8 Å². The van der Waals surface area contributed by atoms with E-state index in [1.54, 1.807) is 0 Å². The van der Waals surface area contributed by atoms with Crippen LogP contribution in [0.2, 0.25) is 0 Å². The maximum Gasteiger partial charge on any atom is 0.309 e. The molecule has 1 saturated heterocycles. The van der Waals surface area contributed by atoms with Gasteiger partial charge < -0.3 is 4.74 Å². The first-order valence-electron chi connectivity index (χ1n) is 7.22. The summed E-state index contributed by atoms with van der Waals surface area (Å²) in [5.41, 5.74) is 0.321. The summed E-state index contributed by atoms with van der Waals surface area (Å²) < 4.78 is 5.85. The minimum atomic E-state index is -0.651. The van der Waals surface area contributed by atoms with Crippen LogP contribution in [0.1, 0.15) is 40.0 Å². The molecule has 3 rings (SSSR count). The van der Waals surface area contributed by atoms with E-state index in [2.05, 4.69) is 13.0 Å². The first-order chi connectivity index (χ1) is 9.02. The van der Waals surface area contributed by atoms with Crippen LogP contribution in [0, 0.1) is 23.7 Å². The van der Waals surface area contributed by atoms with Gasteiger partial charge in [0.15, 0.2) is 11.7 Å². The number of hydrogen-bond acceptors (Lipinski definition) is 4. The lowest BCUT2D eigenvalue weighted by molar-refractivity contribution is -0.322. The van der Waals surface area contributed by atoms with Crippen molar-refractivity contribution in [1.82, 2.24) is 0 Å². The molecule has 1 saturated carbocycles. The molecule has 0 unspecified atom stereocenters. The molecule has 4 heteroatoms. The van der Waals surface area contributed by atoms with E-state index in [0.29, 0.717) is 5.92 Å². The third-order valence-electron chi connectivity index (χ3n) is 5.65. The predicted octanol–water partition coefficient (Wildman–Crippen LogP) is 2.79. The Morgan fingerprint density at radius 2 is 2.11 bits per heavy atom. The van der Waals surface area contributed by atoms with E-state index in [-0.39, 0.29) is 23.7 Å². The van der Waals surface area contributed by atoms with Crippen LogP contribution >= 0.6 is 0 Å². The van der Waals surface area contributed by atoms with Gasteiger partial charge in [0.25, 0.3) is 0 Å². The molecule has 0 radical (unpaired) electrons. The van der Waals surface area contributed by atoms with Gasteiger partial charge in [-0.1, -0.05) is 19.9 Å². The molecule has 4 nitrogen and oxygen atoms in total. The van der Waals surface area contributed by atoms with Gasteiger partial charge in [-0.25, -0.2) is 4.89 Å². The van der Waals surface area contributed by atoms with Crippen molar-refractivity contribution in [3.05, 3.63) is 11.6 Å². The van der Waals surface area contributed by atoms with Gasteiger partial charge in [-0.2, -0.15) is 0 Å². The Kier molecular flexibility index (Phi) is 2.98. The molecule has 1 spiro atoms. The van der Waals surface area contributed by atoms with Crippen molar-refractivity contribution >= 4 is 5.97 Å². The lowest BCUT2D eigenvalue weighted by atomic mass is 9.56. The van der Waals surface area contributed by atoms with Crippen molar-refractivity contribution in [3.63, 3.8) is 0 Å².